The Hall–Kier alpha value is -2.13. The summed E-state index contributed by atoms with van der Waals surface area (Å²) in [6.07, 6.45) is 4.91. The number of hydrogen-bond acceptors (Lipinski definition) is 2. The van der Waals surface area contributed by atoms with E-state index in [1.807, 2.05) is 0 Å². The highest BCUT2D eigenvalue weighted by Gasteiger charge is 2.15. The molecule has 0 spiro atoms. The highest BCUT2D eigenvalue weighted by molar-refractivity contribution is 5.80. The van der Waals surface area contributed by atoms with Crippen molar-refractivity contribution in [2.45, 2.75) is 39.2 Å². The normalized spacial score (nSPS) is 15.7. The fraction of sp³-hybridized carbons (Fsp3) is 0.409. The van der Waals surface area contributed by atoms with Crippen molar-refractivity contribution < 1.29 is 4.74 Å². The topological polar surface area (TPSA) is 27.1 Å². The summed E-state index contributed by atoms with van der Waals surface area (Å²) in [6.45, 7) is 5.04. The molecule has 130 valence electrons. The van der Waals surface area contributed by atoms with Crippen molar-refractivity contribution in [3.63, 3.8) is 0 Å². The molecule has 2 heterocycles. The van der Waals surface area contributed by atoms with Crippen LogP contribution in [0, 0.1) is 12.8 Å². The Bertz CT molecular complexity index is 846. The van der Waals surface area contributed by atoms with Gasteiger partial charge < -0.3 is 9.30 Å². The zero-order valence-corrected chi connectivity index (χ0v) is 14.9. The van der Waals surface area contributed by atoms with Crippen LogP contribution >= 0.6 is 0 Å². The summed E-state index contributed by atoms with van der Waals surface area (Å²) < 4.78 is 7.89. The van der Waals surface area contributed by atoms with Gasteiger partial charge in [0.1, 0.15) is 5.82 Å². The lowest BCUT2D eigenvalue weighted by atomic mass is 9.95. The Morgan fingerprint density at radius 3 is 2.76 bits per heavy atom. The minimum atomic E-state index is 0.825. The molecule has 0 amide bonds. The fourth-order valence-electron chi connectivity index (χ4n) is 3.88. The molecule has 3 heteroatoms. The lowest BCUT2D eigenvalue weighted by Crippen LogP contribution is -2.16. The van der Waals surface area contributed by atoms with Crippen LogP contribution in [0.5, 0.6) is 0 Å². The predicted molar refractivity (Wildman–Crippen MR) is 103 cm³/mol. The second-order valence-corrected chi connectivity index (χ2v) is 7.14. The number of rotatable bonds is 5. The number of aryl methyl sites for hydroxylation is 2. The van der Waals surface area contributed by atoms with E-state index in [0.717, 1.165) is 37.0 Å². The number of imidazole rings is 1. The van der Waals surface area contributed by atoms with Gasteiger partial charge in [-0.05, 0) is 56.7 Å². The maximum atomic E-state index is 5.48. The van der Waals surface area contributed by atoms with Gasteiger partial charge in [0.25, 0.3) is 0 Å². The zero-order valence-electron chi connectivity index (χ0n) is 14.9. The highest BCUT2D eigenvalue weighted by Crippen LogP contribution is 2.27. The van der Waals surface area contributed by atoms with E-state index in [9.17, 15) is 0 Å². The van der Waals surface area contributed by atoms with Gasteiger partial charge in [-0.3, -0.25) is 0 Å². The average molecular weight is 334 g/mol. The smallest absolute Gasteiger partial charge is 0.141 e. The number of aromatic nitrogens is 2. The summed E-state index contributed by atoms with van der Waals surface area (Å²) in [6, 6.07) is 17.2. The van der Waals surface area contributed by atoms with Crippen LogP contribution in [0.2, 0.25) is 0 Å². The lowest BCUT2D eigenvalue weighted by molar-refractivity contribution is 0.0630. The average Bonchev–Trinajstić information content (AvgIpc) is 3.02. The molecule has 0 N–H and O–H groups in total. The molecule has 1 aliphatic rings. The van der Waals surface area contributed by atoms with Crippen LogP contribution in [0.4, 0.5) is 0 Å². The van der Waals surface area contributed by atoms with E-state index in [-0.39, 0.29) is 0 Å². The monoisotopic (exact) mass is 334 g/mol. The number of ether oxygens (including phenoxy) is 1. The first-order chi connectivity index (χ1) is 12.3. The van der Waals surface area contributed by atoms with Crippen molar-refractivity contribution in [2.75, 3.05) is 13.2 Å². The van der Waals surface area contributed by atoms with E-state index in [2.05, 4.69) is 60.0 Å². The zero-order chi connectivity index (χ0) is 17.1. The molecule has 0 radical (unpaired) electrons. The summed E-state index contributed by atoms with van der Waals surface area (Å²) in [5.41, 5.74) is 4.82. The molecule has 0 unspecified atom stereocenters. The Morgan fingerprint density at radius 1 is 1.08 bits per heavy atom. The highest BCUT2D eigenvalue weighted by atomic mass is 16.5. The minimum absolute atomic E-state index is 0.825. The fourth-order valence-corrected chi connectivity index (χ4v) is 3.88. The third kappa shape index (κ3) is 3.62. The van der Waals surface area contributed by atoms with Gasteiger partial charge in [-0.2, -0.15) is 0 Å². The molecule has 0 saturated carbocycles. The molecule has 0 bridgehead atoms. The van der Waals surface area contributed by atoms with Crippen molar-refractivity contribution in [3.8, 4) is 11.4 Å². The standard InChI is InChI=1S/C22H26N2O/c1-17-6-4-8-19(16-17)22-23-20-9-2-3-10-21(20)24(22)13-5-7-18-11-14-25-15-12-18/h2-4,6,8-10,16,18H,5,7,11-15H2,1H3. The Kier molecular flexibility index (Phi) is 4.84. The van der Waals surface area contributed by atoms with E-state index in [1.54, 1.807) is 0 Å². The molecule has 3 nitrogen and oxygen atoms in total. The van der Waals surface area contributed by atoms with Gasteiger partial charge in [0, 0.05) is 25.3 Å². The largest absolute Gasteiger partial charge is 0.381 e. The van der Waals surface area contributed by atoms with Gasteiger partial charge >= 0.3 is 0 Å². The molecule has 1 fully saturated rings. The SMILES string of the molecule is Cc1cccc(-c2nc3ccccc3n2CCCC2CCOCC2)c1. The van der Waals surface area contributed by atoms with E-state index in [0.29, 0.717) is 0 Å². The lowest BCUT2D eigenvalue weighted by Gasteiger charge is -2.22. The van der Waals surface area contributed by atoms with Crippen molar-refractivity contribution in [3.05, 3.63) is 54.1 Å². The van der Waals surface area contributed by atoms with E-state index < -0.39 is 0 Å². The minimum Gasteiger partial charge on any atom is -0.381 e. The summed E-state index contributed by atoms with van der Waals surface area (Å²) >= 11 is 0. The second-order valence-electron chi connectivity index (χ2n) is 7.14. The number of benzene rings is 2. The number of para-hydroxylation sites is 2. The van der Waals surface area contributed by atoms with Crippen molar-refractivity contribution >= 4 is 11.0 Å². The first-order valence-electron chi connectivity index (χ1n) is 9.41. The van der Waals surface area contributed by atoms with Gasteiger partial charge in [0.05, 0.1) is 11.0 Å². The third-order valence-corrected chi connectivity index (χ3v) is 5.27. The molecule has 3 aromatic rings. The van der Waals surface area contributed by atoms with E-state index in [1.165, 1.54) is 42.3 Å². The number of hydrogen-bond donors (Lipinski definition) is 0. The molecule has 4 rings (SSSR count). The molecular formula is C22H26N2O. The molecule has 1 saturated heterocycles. The van der Waals surface area contributed by atoms with Gasteiger partial charge in [-0.1, -0.05) is 35.9 Å². The van der Waals surface area contributed by atoms with Crippen molar-refractivity contribution in [1.82, 2.24) is 9.55 Å². The molecule has 1 aromatic heterocycles. The summed E-state index contributed by atoms with van der Waals surface area (Å²) in [7, 11) is 0. The van der Waals surface area contributed by atoms with E-state index in [4.69, 9.17) is 9.72 Å². The summed E-state index contributed by atoms with van der Waals surface area (Å²) in [5, 5.41) is 0. The van der Waals surface area contributed by atoms with Crippen LogP contribution in [-0.2, 0) is 11.3 Å². The molecular weight excluding hydrogens is 308 g/mol. The predicted octanol–water partition coefficient (Wildman–Crippen LogP) is 5.22. The second kappa shape index (κ2) is 7.40. The number of nitrogens with zero attached hydrogens (tertiary/aromatic N) is 2. The maximum Gasteiger partial charge on any atom is 0.141 e. The van der Waals surface area contributed by atoms with Gasteiger partial charge in [0.15, 0.2) is 0 Å². The first-order valence-corrected chi connectivity index (χ1v) is 9.41. The Labute approximate surface area is 149 Å². The summed E-state index contributed by atoms with van der Waals surface area (Å²) in [5.74, 6) is 1.92. The Balaban J connectivity index is 1.60. The van der Waals surface area contributed by atoms with E-state index >= 15 is 0 Å². The van der Waals surface area contributed by atoms with Crippen molar-refractivity contribution in [1.29, 1.82) is 0 Å². The third-order valence-electron chi connectivity index (χ3n) is 5.27. The molecule has 25 heavy (non-hydrogen) atoms. The van der Waals surface area contributed by atoms with Crippen LogP contribution in [0.15, 0.2) is 48.5 Å². The molecule has 1 aliphatic heterocycles. The van der Waals surface area contributed by atoms with Gasteiger partial charge in [-0.25, -0.2) is 4.98 Å². The number of fused-ring (bicyclic) bond motifs is 1. The quantitative estimate of drug-likeness (QED) is 0.640. The molecule has 0 aliphatic carbocycles. The van der Waals surface area contributed by atoms with Gasteiger partial charge in [-0.15, -0.1) is 0 Å². The maximum absolute atomic E-state index is 5.48. The van der Waals surface area contributed by atoms with Gasteiger partial charge in [0.2, 0.25) is 0 Å². The van der Waals surface area contributed by atoms with Crippen LogP contribution in [-0.4, -0.2) is 22.8 Å². The van der Waals surface area contributed by atoms with Crippen LogP contribution in [0.3, 0.4) is 0 Å². The van der Waals surface area contributed by atoms with Crippen molar-refractivity contribution in [2.24, 2.45) is 5.92 Å². The molecule has 0 atom stereocenters. The summed E-state index contributed by atoms with van der Waals surface area (Å²) in [4.78, 5) is 4.93. The van der Waals surface area contributed by atoms with Crippen LogP contribution in [0.1, 0.15) is 31.2 Å². The first kappa shape index (κ1) is 16.3. The van der Waals surface area contributed by atoms with Crippen LogP contribution < -0.4 is 0 Å². The van der Waals surface area contributed by atoms with Crippen LogP contribution in [0.25, 0.3) is 22.4 Å². The molecule has 2 aromatic carbocycles. The Morgan fingerprint density at radius 2 is 1.92 bits per heavy atom.